The van der Waals surface area contributed by atoms with Crippen LogP contribution < -0.4 is 0 Å². The smallest absolute Gasteiger partial charge is 0.0619 e. The standard InChI is InChI=1S/C50H37N/c1-5-13-36(14-6-1)39-21-23-42(24-22-39)45-33-34-48-47(35-45)49(43-29-25-40(26-30-43)37-15-7-2-8-16-37)50(51(48)46-19-11-4-12-20-46)44-31-27-41(28-32-44)38-17-9-3-10-18-38/h2-5,7-35H,1,6H2. The molecule has 1 nitrogen and oxygen atoms in total. The monoisotopic (exact) mass is 651 g/mol. The zero-order chi connectivity index (χ0) is 34.0. The Kier molecular flexibility index (Phi) is 8.08. The van der Waals surface area contributed by atoms with Crippen molar-refractivity contribution in [1.82, 2.24) is 4.57 Å². The number of aromatic nitrogens is 1. The minimum Gasteiger partial charge on any atom is -0.309 e. The van der Waals surface area contributed by atoms with Crippen molar-refractivity contribution in [2.45, 2.75) is 12.8 Å². The van der Waals surface area contributed by atoms with E-state index in [9.17, 15) is 0 Å². The van der Waals surface area contributed by atoms with Gasteiger partial charge in [0.05, 0.1) is 11.2 Å². The maximum atomic E-state index is 2.45. The average Bonchev–Trinajstić information content (AvgIpc) is 3.57. The van der Waals surface area contributed by atoms with E-state index in [0.717, 1.165) is 18.5 Å². The fourth-order valence-electron chi connectivity index (χ4n) is 7.48. The van der Waals surface area contributed by atoms with Crippen LogP contribution in [0.25, 0.3) is 77.9 Å². The Labute approximate surface area is 300 Å². The van der Waals surface area contributed by atoms with E-state index in [1.807, 2.05) is 0 Å². The van der Waals surface area contributed by atoms with Gasteiger partial charge >= 0.3 is 0 Å². The van der Waals surface area contributed by atoms with Gasteiger partial charge in [0.1, 0.15) is 0 Å². The van der Waals surface area contributed by atoms with E-state index in [2.05, 4.69) is 205 Å². The molecule has 0 spiro atoms. The van der Waals surface area contributed by atoms with E-state index in [1.165, 1.54) is 77.8 Å². The van der Waals surface area contributed by atoms with Crippen molar-refractivity contribution in [1.29, 1.82) is 0 Å². The van der Waals surface area contributed by atoms with Crippen molar-refractivity contribution >= 4 is 16.5 Å². The second kappa shape index (κ2) is 13.5. The van der Waals surface area contributed by atoms with Crippen LogP contribution >= 0.6 is 0 Å². The number of nitrogens with zero attached hydrogens (tertiary/aromatic N) is 1. The third-order valence-corrected chi connectivity index (χ3v) is 10.1. The van der Waals surface area contributed by atoms with Gasteiger partial charge in [0, 0.05) is 16.6 Å². The summed E-state index contributed by atoms with van der Waals surface area (Å²) in [6.07, 6.45) is 9.10. The Hall–Kier alpha value is -6.44. The molecule has 0 bridgehead atoms. The van der Waals surface area contributed by atoms with E-state index in [1.54, 1.807) is 0 Å². The van der Waals surface area contributed by atoms with E-state index < -0.39 is 0 Å². The van der Waals surface area contributed by atoms with Crippen LogP contribution in [0.15, 0.2) is 200 Å². The lowest BCUT2D eigenvalue weighted by atomic mass is 9.93. The summed E-state index contributed by atoms with van der Waals surface area (Å²) < 4.78 is 2.45. The Morgan fingerprint density at radius 1 is 0.373 bits per heavy atom. The molecule has 9 rings (SSSR count). The quantitative estimate of drug-likeness (QED) is 0.162. The van der Waals surface area contributed by atoms with Crippen molar-refractivity contribution in [3.63, 3.8) is 0 Å². The summed E-state index contributed by atoms with van der Waals surface area (Å²) in [6, 6.07) is 66.2. The maximum absolute atomic E-state index is 2.45. The van der Waals surface area contributed by atoms with E-state index in [4.69, 9.17) is 0 Å². The molecular formula is C50H37N. The molecule has 1 aliphatic rings. The fraction of sp³-hybridized carbons (Fsp3) is 0.0400. The molecule has 0 fully saturated rings. The third-order valence-electron chi connectivity index (χ3n) is 10.1. The highest BCUT2D eigenvalue weighted by Crippen LogP contribution is 2.45. The third kappa shape index (κ3) is 5.94. The zero-order valence-corrected chi connectivity index (χ0v) is 28.4. The number of allylic oxidation sites excluding steroid dienone is 4. The Morgan fingerprint density at radius 3 is 1.41 bits per heavy atom. The summed E-state index contributed by atoms with van der Waals surface area (Å²) in [6.45, 7) is 0. The van der Waals surface area contributed by atoms with Crippen LogP contribution in [-0.4, -0.2) is 4.57 Å². The van der Waals surface area contributed by atoms with E-state index in [0.29, 0.717) is 0 Å². The Balaban J connectivity index is 1.25. The molecule has 0 saturated heterocycles. The van der Waals surface area contributed by atoms with Gasteiger partial charge in [-0.2, -0.15) is 0 Å². The molecule has 8 aromatic rings. The van der Waals surface area contributed by atoms with Gasteiger partial charge in [-0.25, -0.2) is 0 Å². The molecule has 0 amide bonds. The van der Waals surface area contributed by atoms with Gasteiger partial charge in [-0.05, 0) is 92.8 Å². The van der Waals surface area contributed by atoms with Crippen LogP contribution in [0.4, 0.5) is 0 Å². The second-order valence-electron chi connectivity index (χ2n) is 13.2. The molecule has 0 atom stereocenters. The Bertz CT molecular complexity index is 2500. The molecule has 0 saturated carbocycles. The molecule has 51 heavy (non-hydrogen) atoms. The molecule has 0 unspecified atom stereocenters. The van der Waals surface area contributed by atoms with E-state index in [-0.39, 0.29) is 0 Å². The van der Waals surface area contributed by atoms with Crippen LogP contribution in [0.5, 0.6) is 0 Å². The number of hydrogen-bond donors (Lipinski definition) is 0. The van der Waals surface area contributed by atoms with Crippen molar-refractivity contribution in [2.75, 3.05) is 0 Å². The highest BCUT2D eigenvalue weighted by Gasteiger charge is 2.22. The first-order chi connectivity index (χ1) is 25.3. The minimum atomic E-state index is 1.11. The first kappa shape index (κ1) is 30.6. The lowest BCUT2D eigenvalue weighted by Gasteiger charge is -2.14. The van der Waals surface area contributed by atoms with Crippen molar-refractivity contribution in [3.05, 3.63) is 206 Å². The lowest BCUT2D eigenvalue weighted by molar-refractivity contribution is 1.04. The molecular weight excluding hydrogens is 615 g/mol. The maximum Gasteiger partial charge on any atom is 0.0619 e. The lowest BCUT2D eigenvalue weighted by Crippen LogP contribution is -1.97. The molecule has 7 aromatic carbocycles. The number of fused-ring (bicyclic) bond motifs is 1. The van der Waals surface area contributed by atoms with Gasteiger partial charge in [0.15, 0.2) is 0 Å². The molecule has 1 aromatic heterocycles. The van der Waals surface area contributed by atoms with Gasteiger partial charge in [0.25, 0.3) is 0 Å². The fourth-order valence-corrected chi connectivity index (χ4v) is 7.48. The predicted molar refractivity (Wildman–Crippen MR) is 217 cm³/mol. The van der Waals surface area contributed by atoms with Crippen LogP contribution in [0.3, 0.4) is 0 Å². The van der Waals surface area contributed by atoms with Crippen LogP contribution in [0.2, 0.25) is 0 Å². The molecule has 0 radical (unpaired) electrons. The van der Waals surface area contributed by atoms with Crippen molar-refractivity contribution in [3.8, 4) is 61.5 Å². The summed E-state index contributed by atoms with van der Waals surface area (Å²) in [7, 11) is 0. The molecule has 242 valence electrons. The summed E-state index contributed by atoms with van der Waals surface area (Å²) in [5.41, 5.74) is 17.0. The van der Waals surface area contributed by atoms with Crippen LogP contribution in [-0.2, 0) is 0 Å². The molecule has 1 aliphatic carbocycles. The molecule has 0 N–H and O–H groups in total. The predicted octanol–water partition coefficient (Wildman–Crippen LogP) is 13.7. The topological polar surface area (TPSA) is 4.93 Å². The summed E-state index contributed by atoms with van der Waals surface area (Å²) in [5.74, 6) is 0. The largest absolute Gasteiger partial charge is 0.309 e. The highest BCUT2D eigenvalue weighted by molar-refractivity contribution is 6.07. The summed E-state index contributed by atoms with van der Waals surface area (Å²) in [5, 5.41) is 1.23. The summed E-state index contributed by atoms with van der Waals surface area (Å²) in [4.78, 5) is 0. The van der Waals surface area contributed by atoms with Crippen LogP contribution in [0.1, 0.15) is 18.4 Å². The first-order valence-electron chi connectivity index (χ1n) is 17.8. The van der Waals surface area contributed by atoms with Crippen LogP contribution in [0, 0.1) is 0 Å². The van der Waals surface area contributed by atoms with E-state index >= 15 is 0 Å². The van der Waals surface area contributed by atoms with Gasteiger partial charge in [-0.15, -0.1) is 0 Å². The molecule has 0 aliphatic heterocycles. The molecule has 1 heteroatoms. The van der Waals surface area contributed by atoms with Gasteiger partial charge < -0.3 is 4.57 Å². The minimum absolute atomic E-state index is 1.11. The van der Waals surface area contributed by atoms with Gasteiger partial charge in [0.2, 0.25) is 0 Å². The normalized spacial score (nSPS) is 12.6. The average molecular weight is 652 g/mol. The number of rotatable bonds is 7. The second-order valence-corrected chi connectivity index (χ2v) is 13.2. The zero-order valence-electron chi connectivity index (χ0n) is 28.4. The molecule has 1 heterocycles. The first-order valence-corrected chi connectivity index (χ1v) is 17.8. The number of hydrogen-bond acceptors (Lipinski definition) is 0. The Morgan fingerprint density at radius 2 is 0.843 bits per heavy atom. The SMILES string of the molecule is C1=CC(c2ccc(-c3ccc4c(c3)c(-c3ccc(-c5ccccc5)cc3)c(-c3ccc(-c5ccccc5)cc3)n4-c3ccccc3)cc2)=CCC1. The number of benzene rings is 7. The van der Waals surface area contributed by atoms with Gasteiger partial charge in [-0.1, -0.05) is 176 Å². The van der Waals surface area contributed by atoms with Crippen molar-refractivity contribution < 1.29 is 0 Å². The summed E-state index contributed by atoms with van der Waals surface area (Å²) >= 11 is 0. The number of para-hydroxylation sites is 1. The van der Waals surface area contributed by atoms with Crippen molar-refractivity contribution in [2.24, 2.45) is 0 Å². The van der Waals surface area contributed by atoms with Gasteiger partial charge in [-0.3, -0.25) is 0 Å². The highest BCUT2D eigenvalue weighted by atomic mass is 15.0.